The van der Waals surface area contributed by atoms with Crippen LogP contribution in [0.1, 0.15) is 27.2 Å². The Labute approximate surface area is 62.5 Å². The summed E-state index contributed by atoms with van der Waals surface area (Å²) in [5, 5.41) is 0. The first-order valence-electron chi connectivity index (χ1n) is 4.01. The maximum atomic E-state index is 5.49. The Morgan fingerprint density at radius 2 is 2.30 bits per heavy atom. The van der Waals surface area contributed by atoms with Crippen molar-refractivity contribution in [2.45, 2.75) is 39.6 Å². The summed E-state index contributed by atoms with van der Waals surface area (Å²) in [6, 6.07) is 0. The van der Waals surface area contributed by atoms with E-state index < -0.39 is 0 Å². The van der Waals surface area contributed by atoms with Gasteiger partial charge in [0.1, 0.15) is 0 Å². The lowest BCUT2D eigenvalue weighted by Gasteiger charge is -2.15. The average molecular weight is 144 g/mol. The van der Waals surface area contributed by atoms with Gasteiger partial charge in [0, 0.05) is 5.92 Å². The van der Waals surface area contributed by atoms with Crippen molar-refractivity contribution < 1.29 is 9.47 Å². The largest absolute Gasteiger partial charge is 0.350 e. The average Bonchev–Trinajstić information content (AvgIpc) is 2.34. The monoisotopic (exact) mass is 144 g/mol. The van der Waals surface area contributed by atoms with Crippen molar-refractivity contribution in [3.8, 4) is 0 Å². The SMILES string of the molecule is CCC(C)C1OCC(C)O1. The zero-order chi connectivity index (χ0) is 7.56. The Balaban J connectivity index is 2.29. The minimum absolute atomic E-state index is 0.0556. The topological polar surface area (TPSA) is 18.5 Å². The van der Waals surface area contributed by atoms with Crippen molar-refractivity contribution in [3.63, 3.8) is 0 Å². The lowest BCUT2D eigenvalue weighted by Crippen LogP contribution is -2.18. The molecule has 2 heteroatoms. The molecule has 2 nitrogen and oxygen atoms in total. The van der Waals surface area contributed by atoms with E-state index in [0.717, 1.165) is 13.0 Å². The normalized spacial score (nSPS) is 36.3. The van der Waals surface area contributed by atoms with Crippen LogP contribution >= 0.6 is 0 Å². The quantitative estimate of drug-likeness (QED) is 0.588. The van der Waals surface area contributed by atoms with Crippen molar-refractivity contribution in [1.29, 1.82) is 0 Å². The summed E-state index contributed by atoms with van der Waals surface area (Å²) in [5.74, 6) is 0.532. The van der Waals surface area contributed by atoms with Gasteiger partial charge in [0.05, 0.1) is 12.7 Å². The highest BCUT2D eigenvalue weighted by Crippen LogP contribution is 2.20. The molecule has 0 aromatic carbocycles. The fourth-order valence-electron chi connectivity index (χ4n) is 1.03. The van der Waals surface area contributed by atoms with E-state index in [9.17, 15) is 0 Å². The van der Waals surface area contributed by atoms with Crippen LogP contribution < -0.4 is 0 Å². The summed E-state index contributed by atoms with van der Waals surface area (Å²) in [6.45, 7) is 7.11. The third kappa shape index (κ3) is 1.70. The van der Waals surface area contributed by atoms with Crippen molar-refractivity contribution >= 4 is 0 Å². The molecule has 0 amide bonds. The van der Waals surface area contributed by atoms with Crippen LogP contribution in [-0.4, -0.2) is 19.0 Å². The van der Waals surface area contributed by atoms with Crippen LogP contribution in [0.15, 0.2) is 0 Å². The van der Waals surface area contributed by atoms with Gasteiger partial charge in [-0.1, -0.05) is 13.8 Å². The Morgan fingerprint density at radius 3 is 2.70 bits per heavy atom. The third-order valence-corrected chi connectivity index (χ3v) is 1.97. The van der Waals surface area contributed by atoms with Crippen molar-refractivity contribution in [2.75, 3.05) is 6.61 Å². The molecule has 60 valence electrons. The first-order chi connectivity index (χ1) is 4.74. The Kier molecular flexibility index (Phi) is 2.69. The molecule has 1 aliphatic heterocycles. The highest BCUT2D eigenvalue weighted by Gasteiger charge is 2.26. The first kappa shape index (κ1) is 8.02. The van der Waals surface area contributed by atoms with Crippen molar-refractivity contribution in [3.05, 3.63) is 0 Å². The lowest BCUT2D eigenvalue weighted by molar-refractivity contribution is -0.0900. The molecular weight excluding hydrogens is 128 g/mol. The minimum atomic E-state index is 0.0556. The van der Waals surface area contributed by atoms with Gasteiger partial charge in [0.25, 0.3) is 0 Å². The molecule has 0 saturated carbocycles. The number of hydrogen-bond acceptors (Lipinski definition) is 2. The lowest BCUT2D eigenvalue weighted by atomic mass is 10.1. The molecule has 10 heavy (non-hydrogen) atoms. The van der Waals surface area contributed by atoms with Gasteiger partial charge in [0.15, 0.2) is 6.29 Å². The number of hydrogen-bond donors (Lipinski definition) is 0. The van der Waals surface area contributed by atoms with E-state index in [1.807, 2.05) is 6.92 Å². The highest BCUT2D eigenvalue weighted by atomic mass is 16.7. The van der Waals surface area contributed by atoms with Crippen LogP contribution in [0.3, 0.4) is 0 Å². The molecule has 1 aliphatic rings. The molecule has 1 fully saturated rings. The number of rotatable bonds is 2. The summed E-state index contributed by atoms with van der Waals surface area (Å²) in [4.78, 5) is 0. The zero-order valence-corrected chi connectivity index (χ0v) is 6.96. The molecule has 3 unspecified atom stereocenters. The van der Waals surface area contributed by atoms with E-state index in [1.165, 1.54) is 0 Å². The Morgan fingerprint density at radius 1 is 1.60 bits per heavy atom. The van der Waals surface area contributed by atoms with E-state index in [4.69, 9.17) is 9.47 Å². The van der Waals surface area contributed by atoms with Gasteiger partial charge in [-0.3, -0.25) is 0 Å². The van der Waals surface area contributed by atoms with Crippen LogP contribution in [0.2, 0.25) is 0 Å². The summed E-state index contributed by atoms with van der Waals surface area (Å²) < 4.78 is 10.9. The molecule has 0 aromatic heterocycles. The van der Waals surface area contributed by atoms with Crippen LogP contribution in [0, 0.1) is 5.92 Å². The summed E-state index contributed by atoms with van der Waals surface area (Å²) in [6.07, 6.45) is 1.47. The van der Waals surface area contributed by atoms with Crippen molar-refractivity contribution in [1.82, 2.24) is 0 Å². The molecule has 0 radical (unpaired) electrons. The number of ether oxygens (including phenoxy) is 2. The van der Waals surface area contributed by atoms with Gasteiger partial charge in [-0.25, -0.2) is 0 Å². The second kappa shape index (κ2) is 3.35. The Bertz CT molecular complexity index is 103. The molecule has 0 aliphatic carbocycles. The van der Waals surface area contributed by atoms with Crippen LogP contribution in [-0.2, 0) is 9.47 Å². The van der Waals surface area contributed by atoms with Gasteiger partial charge >= 0.3 is 0 Å². The third-order valence-electron chi connectivity index (χ3n) is 1.97. The van der Waals surface area contributed by atoms with Gasteiger partial charge in [-0.15, -0.1) is 0 Å². The molecule has 0 bridgehead atoms. The van der Waals surface area contributed by atoms with E-state index in [1.54, 1.807) is 0 Å². The maximum Gasteiger partial charge on any atom is 0.160 e. The van der Waals surface area contributed by atoms with Gasteiger partial charge in [-0.2, -0.15) is 0 Å². The molecular formula is C8H16O2. The van der Waals surface area contributed by atoms with Gasteiger partial charge < -0.3 is 9.47 Å². The van der Waals surface area contributed by atoms with Gasteiger partial charge in [-0.05, 0) is 13.3 Å². The summed E-state index contributed by atoms with van der Waals surface area (Å²) >= 11 is 0. The van der Waals surface area contributed by atoms with Crippen LogP contribution in [0.4, 0.5) is 0 Å². The fourth-order valence-corrected chi connectivity index (χ4v) is 1.03. The summed E-state index contributed by atoms with van der Waals surface area (Å²) in [5.41, 5.74) is 0. The van der Waals surface area contributed by atoms with E-state index in [-0.39, 0.29) is 6.29 Å². The van der Waals surface area contributed by atoms with E-state index in [0.29, 0.717) is 12.0 Å². The standard InChI is InChI=1S/C8H16O2/c1-4-6(2)8-9-5-7(3)10-8/h6-8H,4-5H2,1-3H3. The molecule has 1 heterocycles. The summed E-state index contributed by atoms with van der Waals surface area (Å²) in [7, 11) is 0. The predicted octanol–water partition coefficient (Wildman–Crippen LogP) is 1.79. The van der Waals surface area contributed by atoms with Crippen molar-refractivity contribution in [2.24, 2.45) is 5.92 Å². The molecule has 0 N–H and O–H groups in total. The predicted molar refractivity (Wildman–Crippen MR) is 39.7 cm³/mol. The van der Waals surface area contributed by atoms with Gasteiger partial charge in [0.2, 0.25) is 0 Å². The first-order valence-corrected chi connectivity index (χ1v) is 4.01. The zero-order valence-electron chi connectivity index (χ0n) is 6.96. The van der Waals surface area contributed by atoms with E-state index in [2.05, 4.69) is 13.8 Å². The minimum Gasteiger partial charge on any atom is -0.350 e. The van der Waals surface area contributed by atoms with Crippen LogP contribution in [0.5, 0.6) is 0 Å². The second-order valence-electron chi connectivity index (χ2n) is 3.03. The molecule has 1 rings (SSSR count). The molecule has 1 saturated heterocycles. The highest BCUT2D eigenvalue weighted by molar-refractivity contribution is 4.64. The van der Waals surface area contributed by atoms with Crippen LogP contribution in [0.25, 0.3) is 0 Å². The smallest absolute Gasteiger partial charge is 0.160 e. The fraction of sp³-hybridized carbons (Fsp3) is 1.00. The molecule has 3 atom stereocenters. The Hall–Kier alpha value is -0.0800. The second-order valence-corrected chi connectivity index (χ2v) is 3.03. The van der Waals surface area contributed by atoms with E-state index >= 15 is 0 Å². The maximum absolute atomic E-state index is 5.49. The molecule has 0 spiro atoms. The molecule has 0 aromatic rings.